The molecule has 0 saturated carbocycles. The Bertz CT molecular complexity index is 769. The van der Waals surface area contributed by atoms with Crippen molar-refractivity contribution in [2.45, 2.75) is 13.0 Å². The first-order valence-electron chi connectivity index (χ1n) is 6.64. The van der Waals surface area contributed by atoms with E-state index in [0.717, 1.165) is 16.5 Å². The second-order valence-electron chi connectivity index (χ2n) is 4.79. The zero-order chi connectivity index (χ0) is 14.8. The van der Waals surface area contributed by atoms with E-state index < -0.39 is 6.10 Å². The van der Waals surface area contributed by atoms with Crippen LogP contribution in [0.2, 0.25) is 5.02 Å². The van der Waals surface area contributed by atoms with Crippen molar-refractivity contribution in [3.05, 3.63) is 65.4 Å². The number of aromatic nitrogens is 1. The predicted octanol–water partition coefficient (Wildman–Crippen LogP) is 4.73. The van der Waals surface area contributed by atoms with Gasteiger partial charge < -0.3 is 9.84 Å². The lowest BCUT2D eigenvalue weighted by Crippen LogP contribution is -1.95. The second-order valence-corrected chi connectivity index (χ2v) is 5.20. The lowest BCUT2D eigenvalue weighted by atomic mass is 10.1. The van der Waals surface area contributed by atoms with Crippen LogP contribution in [0, 0.1) is 0 Å². The molecule has 1 aromatic heterocycles. The van der Waals surface area contributed by atoms with Gasteiger partial charge in [-0.05, 0) is 31.2 Å². The number of aliphatic hydroxyl groups is 1. The standard InChI is InChI=1S/C17H14ClNO2/c1-11(20)16-8-6-12(10-19-16)21-17-9-7-15(18)13-4-2-3-5-14(13)17/h2-11,20H,1H3/t11-/m1/s1. The Balaban J connectivity index is 1.96. The average Bonchev–Trinajstić information content (AvgIpc) is 2.51. The summed E-state index contributed by atoms with van der Waals surface area (Å²) in [6.07, 6.45) is 1.02. The topological polar surface area (TPSA) is 42.4 Å². The van der Waals surface area contributed by atoms with Crippen LogP contribution < -0.4 is 4.74 Å². The monoisotopic (exact) mass is 299 g/mol. The number of pyridine rings is 1. The second kappa shape index (κ2) is 5.72. The van der Waals surface area contributed by atoms with Crippen molar-refractivity contribution in [2.75, 3.05) is 0 Å². The maximum Gasteiger partial charge on any atom is 0.145 e. The molecule has 3 aromatic rings. The minimum Gasteiger partial charge on any atom is -0.455 e. The summed E-state index contributed by atoms with van der Waals surface area (Å²) in [5.74, 6) is 1.34. The van der Waals surface area contributed by atoms with Crippen molar-refractivity contribution in [1.82, 2.24) is 4.98 Å². The summed E-state index contributed by atoms with van der Waals surface area (Å²) in [7, 11) is 0. The van der Waals surface area contributed by atoms with E-state index in [-0.39, 0.29) is 0 Å². The number of hydrogen-bond donors (Lipinski definition) is 1. The molecule has 3 nitrogen and oxygen atoms in total. The fourth-order valence-electron chi connectivity index (χ4n) is 2.15. The van der Waals surface area contributed by atoms with Crippen LogP contribution in [0.1, 0.15) is 18.7 Å². The number of halogens is 1. The molecule has 1 atom stereocenters. The van der Waals surface area contributed by atoms with Crippen LogP contribution in [0.4, 0.5) is 0 Å². The molecule has 106 valence electrons. The largest absolute Gasteiger partial charge is 0.455 e. The first-order chi connectivity index (χ1) is 10.1. The Hall–Kier alpha value is -2.10. The Labute approximate surface area is 127 Å². The minimum atomic E-state index is -0.588. The summed E-state index contributed by atoms with van der Waals surface area (Å²) in [4.78, 5) is 4.17. The molecule has 2 aromatic carbocycles. The highest BCUT2D eigenvalue weighted by atomic mass is 35.5. The summed E-state index contributed by atoms with van der Waals surface area (Å²) in [5, 5.41) is 12.1. The molecule has 0 spiro atoms. The zero-order valence-corrected chi connectivity index (χ0v) is 12.2. The highest BCUT2D eigenvalue weighted by Crippen LogP contribution is 2.33. The van der Waals surface area contributed by atoms with Gasteiger partial charge in [-0.25, -0.2) is 0 Å². The smallest absolute Gasteiger partial charge is 0.145 e. The first-order valence-corrected chi connectivity index (χ1v) is 7.02. The quantitative estimate of drug-likeness (QED) is 0.760. The molecular formula is C17H14ClNO2. The van der Waals surface area contributed by atoms with Crippen LogP contribution in [0.3, 0.4) is 0 Å². The van der Waals surface area contributed by atoms with Gasteiger partial charge in [-0.3, -0.25) is 4.98 Å². The molecule has 0 radical (unpaired) electrons. The van der Waals surface area contributed by atoms with Crippen LogP contribution in [-0.2, 0) is 0 Å². The number of hydrogen-bond acceptors (Lipinski definition) is 3. The van der Waals surface area contributed by atoms with Crippen molar-refractivity contribution in [3.63, 3.8) is 0 Å². The van der Waals surface area contributed by atoms with Crippen LogP contribution in [0.25, 0.3) is 10.8 Å². The predicted molar refractivity (Wildman–Crippen MR) is 83.9 cm³/mol. The van der Waals surface area contributed by atoms with Gasteiger partial charge in [0.15, 0.2) is 0 Å². The molecule has 21 heavy (non-hydrogen) atoms. The maximum atomic E-state index is 9.46. The van der Waals surface area contributed by atoms with Crippen LogP contribution in [-0.4, -0.2) is 10.1 Å². The minimum absolute atomic E-state index is 0.588. The lowest BCUT2D eigenvalue weighted by molar-refractivity contribution is 0.194. The van der Waals surface area contributed by atoms with E-state index >= 15 is 0 Å². The Morgan fingerprint density at radius 1 is 1.05 bits per heavy atom. The van der Waals surface area contributed by atoms with Gasteiger partial charge in [-0.1, -0.05) is 35.9 Å². The van der Waals surface area contributed by atoms with Gasteiger partial charge in [0, 0.05) is 15.8 Å². The van der Waals surface area contributed by atoms with Crippen LogP contribution >= 0.6 is 11.6 Å². The third-order valence-corrected chi connectivity index (χ3v) is 3.58. The van der Waals surface area contributed by atoms with E-state index in [1.807, 2.05) is 36.4 Å². The van der Waals surface area contributed by atoms with Gasteiger partial charge in [-0.15, -0.1) is 0 Å². The van der Waals surface area contributed by atoms with Crippen molar-refractivity contribution < 1.29 is 9.84 Å². The van der Waals surface area contributed by atoms with E-state index in [9.17, 15) is 5.11 Å². The third-order valence-electron chi connectivity index (χ3n) is 3.25. The summed E-state index contributed by atoms with van der Waals surface area (Å²) in [6, 6.07) is 15.0. The van der Waals surface area contributed by atoms with E-state index in [4.69, 9.17) is 16.3 Å². The van der Waals surface area contributed by atoms with Crippen LogP contribution in [0.15, 0.2) is 54.7 Å². The fourth-order valence-corrected chi connectivity index (χ4v) is 2.38. The third kappa shape index (κ3) is 2.84. The van der Waals surface area contributed by atoms with E-state index in [1.165, 1.54) is 0 Å². The van der Waals surface area contributed by atoms with E-state index in [1.54, 1.807) is 25.3 Å². The molecule has 0 aliphatic rings. The summed E-state index contributed by atoms with van der Waals surface area (Å²) in [6.45, 7) is 1.68. The van der Waals surface area contributed by atoms with E-state index in [0.29, 0.717) is 16.5 Å². The molecule has 3 rings (SSSR count). The molecule has 0 fully saturated rings. The number of fused-ring (bicyclic) bond motifs is 1. The highest BCUT2D eigenvalue weighted by Gasteiger charge is 2.07. The maximum absolute atomic E-state index is 9.46. The number of benzene rings is 2. The van der Waals surface area contributed by atoms with Gasteiger partial charge in [0.1, 0.15) is 11.5 Å². The SMILES string of the molecule is C[C@@H](O)c1ccc(Oc2ccc(Cl)c3ccccc23)cn1. The number of aliphatic hydroxyl groups excluding tert-OH is 1. The molecular weight excluding hydrogens is 286 g/mol. The summed E-state index contributed by atoms with van der Waals surface area (Å²) < 4.78 is 5.88. The summed E-state index contributed by atoms with van der Waals surface area (Å²) >= 11 is 6.19. The summed E-state index contributed by atoms with van der Waals surface area (Å²) in [5.41, 5.74) is 0.614. The highest BCUT2D eigenvalue weighted by molar-refractivity contribution is 6.35. The van der Waals surface area contributed by atoms with Crippen molar-refractivity contribution >= 4 is 22.4 Å². The van der Waals surface area contributed by atoms with Crippen molar-refractivity contribution in [1.29, 1.82) is 0 Å². The van der Waals surface area contributed by atoms with Gasteiger partial charge in [-0.2, -0.15) is 0 Å². The molecule has 0 saturated heterocycles. The van der Waals surface area contributed by atoms with Gasteiger partial charge in [0.25, 0.3) is 0 Å². The number of rotatable bonds is 3. The van der Waals surface area contributed by atoms with E-state index in [2.05, 4.69) is 4.98 Å². The molecule has 0 amide bonds. The Morgan fingerprint density at radius 3 is 2.48 bits per heavy atom. The van der Waals surface area contributed by atoms with Gasteiger partial charge in [0.2, 0.25) is 0 Å². The van der Waals surface area contributed by atoms with Crippen molar-refractivity contribution in [3.8, 4) is 11.5 Å². The molecule has 0 aliphatic carbocycles. The first kappa shape index (κ1) is 13.9. The molecule has 0 bridgehead atoms. The van der Waals surface area contributed by atoms with Crippen molar-refractivity contribution in [2.24, 2.45) is 0 Å². The number of ether oxygens (including phenoxy) is 1. The molecule has 4 heteroatoms. The number of nitrogens with zero attached hydrogens (tertiary/aromatic N) is 1. The van der Waals surface area contributed by atoms with Gasteiger partial charge in [0.05, 0.1) is 18.0 Å². The normalized spacial score (nSPS) is 12.3. The Kier molecular flexibility index (Phi) is 3.78. The molecule has 0 aliphatic heterocycles. The zero-order valence-electron chi connectivity index (χ0n) is 11.5. The Morgan fingerprint density at radius 2 is 1.81 bits per heavy atom. The molecule has 0 unspecified atom stereocenters. The average molecular weight is 300 g/mol. The fraction of sp³-hybridized carbons (Fsp3) is 0.118. The molecule has 1 N–H and O–H groups in total. The van der Waals surface area contributed by atoms with Gasteiger partial charge >= 0.3 is 0 Å². The lowest BCUT2D eigenvalue weighted by Gasteiger charge is -2.10. The molecule has 1 heterocycles. The van der Waals surface area contributed by atoms with Crippen LogP contribution in [0.5, 0.6) is 11.5 Å².